The molecule has 0 saturated heterocycles. The third-order valence-electron chi connectivity index (χ3n) is 4.66. The zero-order valence-corrected chi connectivity index (χ0v) is 18.0. The summed E-state index contributed by atoms with van der Waals surface area (Å²) in [6, 6.07) is 14.7. The zero-order chi connectivity index (χ0) is 23.8. The van der Waals surface area contributed by atoms with Crippen LogP contribution in [0.15, 0.2) is 66.7 Å². The lowest BCUT2D eigenvalue weighted by molar-refractivity contribution is -0.141. The number of alkyl halides is 3. The predicted molar refractivity (Wildman–Crippen MR) is 115 cm³/mol. The van der Waals surface area contributed by atoms with Crippen LogP contribution in [0.4, 0.5) is 22.0 Å². The van der Waals surface area contributed by atoms with Gasteiger partial charge in [0.25, 0.3) is 0 Å². The minimum absolute atomic E-state index is 0.0635. The number of ether oxygens (including phenoxy) is 1. The van der Waals surface area contributed by atoms with Gasteiger partial charge in [0, 0.05) is 6.07 Å². The molecule has 0 fully saturated rings. The molecule has 3 aromatic carbocycles. The van der Waals surface area contributed by atoms with Gasteiger partial charge in [-0.25, -0.2) is 13.5 Å². The summed E-state index contributed by atoms with van der Waals surface area (Å²) in [6.45, 7) is -0.279. The van der Waals surface area contributed by atoms with E-state index in [0.29, 0.717) is 16.9 Å². The lowest BCUT2D eigenvalue weighted by Gasteiger charge is -2.12. The van der Waals surface area contributed by atoms with E-state index in [1.54, 1.807) is 18.2 Å². The zero-order valence-electron chi connectivity index (χ0n) is 16.5. The van der Waals surface area contributed by atoms with Gasteiger partial charge in [-0.1, -0.05) is 41.4 Å². The predicted octanol–water partition coefficient (Wildman–Crippen LogP) is 7.72. The Morgan fingerprint density at radius 3 is 2.00 bits per heavy atom. The van der Waals surface area contributed by atoms with Crippen molar-refractivity contribution in [2.24, 2.45) is 0 Å². The van der Waals surface area contributed by atoms with E-state index in [1.165, 1.54) is 36.4 Å². The van der Waals surface area contributed by atoms with Crippen molar-refractivity contribution < 1.29 is 26.7 Å². The second-order valence-electron chi connectivity index (χ2n) is 6.97. The van der Waals surface area contributed by atoms with E-state index >= 15 is 0 Å². The van der Waals surface area contributed by atoms with Crippen molar-refractivity contribution in [2.45, 2.75) is 12.8 Å². The Balaban J connectivity index is 1.61. The molecule has 1 aromatic heterocycles. The third kappa shape index (κ3) is 5.12. The summed E-state index contributed by atoms with van der Waals surface area (Å²) in [7, 11) is 0. The number of hydrogen-bond donors (Lipinski definition) is 0. The second-order valence-corrected chi connectivity index (χ2v) is 7.79. The fourth-order valence-corrected chi connectivity index (χ4v) is 3.73. The average molecular weight is 499 g/mol. The van der Waals surface area contributed by atoms with Crippen LogP contribution in [0.3, 0.4) is 0 Å². The van der Waals surface area contributed by atoms with E-state index in [4.69, 9.17) is 27.9 Å². The Bertz CT molecular complexity index is 1260. The lowest BCUT2D eigenvalue weighted by Crippen LogP contribution is -2.09. The summed E-state index contributed by atoms with van der Waals surface area (Å²) in [4.78, 5) is 0. The van der Waals surface area contributed by atoms with E-state index in [9.17, 15) is 22.0 Å². The molecule has 3 nitrogen and oxygen atoms in total. The van der Waals surface area contributed by atoms with Gasteiger partial charge in [-0.05, 0) is 53.6 Å². The van der Waals surface area contributed by atoms with Crippen LogP contribution in [-0.4, -0.2) is 9.78 Å². The minimum Gasteiger partial charge on any atom is -0.487 e. The molecule has 0 amide bonds. The van der Waals surface area contributed by atoms with E-state index in [-0.39, 0.29) is 28.0 Å². The Morgan fingerprint density at radius 1 is 0.818 bits per heavy atom. The van der Waals surface area contributed by atoms with Gasteiger partial charge in [-0.15, -0.1) is 0 Å². The van der Waals surface area contributed by atoms with Crippen LogP contribution in [-0.2, 0) is 12.8 Å². The highest BCUT2D eigenvalue weighted by Crippen LogP contribution is 2.34. The van der Waals surface area contributed by atoms with Gasteiger partial charge < -0.3 is 4.74 Å². The van der Waals surface area contributed by atoms with Gasteiger partial charge in [0.15, 0.2) is 5.69 Å². The van der Waals surface area contributed by atoms with Crippen molar-refractivity contribution >= 4 is 23.2 Å². The largest absolute Gasteiger partial charge is 0.487 e. The molecule has 170 valence electrons. The number of aromatic nitrogens is 2. The number of halogens is 7. The molecule has 0 N–H and O–H groups in total. The summed E-state index contributed by atoms with van der Waals surface area (Å²) >= 11 is 12.3. The summed E-state index contributed by atoms with van der Waals surface area (Å²) in [5.41, 5.74) is -0.0964. The molecule has 33 heavy (non-hydrogen) atoms. The van der Waals surface area contributed by atoms with Crippen LogP contribution in [0.5, 0.6) is 5.75 Å². The van der Waals surface area contributed by atoms with Crippen LogP contribution in [0, 0.1) is 11.6 Å². The normalized spacial score (nSPS) is 11.6. The molecule has 0 spiro atoms. The molecule has 0 radical (unpaired) electrons. The monoisotopic (exact) mass is 498 g/mol. The maximum absolute atomic E-state index is 13.5. The number of rotatable bonds is 5. The van der Waals surface area contributed by atoms with Gasteiger partial charge in [-0.3, -0.25) is 0 Å². The summed E-state index contributed by atoms with van der Waals surface area (Å²) in [6.07, 6.45) is -4.68. The molecule has 0 saturated carbocycles. The SMILES string of the molecule is Fc1cc(F)cc(-c2ccc(OCc3cc(C(F)(F)F)nn3-c3c(Cl)cccc3Cl)cc2)c1. The summed E-state index contributed by atoms with van der Waals surface area (Å²) in [5.74, 6) is -1.10. The van der Waals surface area contributed by atoms with Crippen LogP contribution in [0.25, 0.3) is 16.8 Å². The molecular formula is C23H13Cl2F5N2O. The summed E-state index contributed by atoms with van der Waals surface area (Å²) in [5, 5.41) is 3.86. The lowest BCUT2D eigenvalue weighted by atomic mass is 10.1. The third-order valence-corrected chi connectivity index (χ3v) is 5.27. The van der Waals surface area contributed by atoms with Crippen LogP contribution in [0.1, 0.15) is 11.4 Å². The minimum atomic E-state index is -4.68. The fourth-order valence-electron chi connectivity index (χ4n) is 3.17. The first-order chi connectivity index (χ1) is 15.6. The topological polar surface area (TPSA) is 27.1 Å². The smallest absolute Gasteiger partial charge is 0.435 e. The number of benzene rings is 3. The molecule has 4 rings (SSSR count). The van der Waals surface area contributed by atoms with Crippen LogP contribution in [0.2, 0.25) is 10.0 Å². The number of nitrogens with zero attached hydrogens (tertiary/aromatic N) is 2. The Labute approximate surface area is 194 Å². The van der Waals surface area contributed by atoms with Gasteiger partial charge in [-0.2, -0.15) is 18.3 Å². The maximum Gasteiger partial charge on any atom is 0.435 e. The van der Waals surface area contributed by atoms with Crippen molar-refractivity contribution in [1.82, 2.24) is 9.78 Å². The van der Waals surface area contributed by atoms with Gasteiger partial charge in [0.1, 0.15) is 29.7 Å². The Morgan fingerprint density at radius 2 is 1.42 bits per heavy atom. The first-order valence-corrected chi connectivity index (χ1v) is 10.2. The molecule has 1 heterocycles. The molecular weight excluding hydrogens is 486 g/mol. The van der Waals surface area contributed by atoms with Crippen LogP contribution >= 0.6 is 23.2 Å². The van der Waals surface area contributed by atoms with Crippen molar-refractivity contribution in [3.05, 3.63) is 99.8 Å². The molecule has 0 aliphatic carbocycles. The molecule has 4 aromatic rings. The van der Waals surface area contributed by atoms with Gasteiger partial charge in [0.2, 0.25) is 0 Å². The molecule has 0 bridgehead atoms. The highest BCUT2D eigenvalue weighted by atomic mass is 35.5. The summed E-state index contributed by atoms with van der Waals surface area (Å²) < 4.78 is 73.4. The standard InChI is InChI=1S/C23H13Cl2F5N2O/c24-19-2-1-3-20(25)22(19)32-17(11-21(31-32)23(28,29)30)12-33-18-6-4-13(5-7-18)14-8-15(26)10-16(27)9-14/h1-11H,12H2. The molecule has 0 aliphatic rings. The quantitative estimate of drug-likeness (QED) is 0.263. The second kappa shape index (κ2) is 9.03. The highest BCUT2D eigenvalue weighted by molar-refractivity contribution is 6.37. The van der Waals surface area contributed by atoms with E-state index in [2.05, 4.69) is 5.10 Å². The molecule has 0 unspecified atom stereocenters. The molecule has 10 heteroatoms. The first-order valence-electron chi connectivity index (χ1n) is 9.41. The van der Waals surface area contributed by atoms with Crippen molar-refractivity contribution in [1.29, 1.82) is 0 Å². The van der Waals surface area contributed by atoms with Crippen molar-refractivity contribution in [3.8, 4) is 22.6 Å². The Hall–Kier alpha value is -3.10. The van der Waals surface area contributed by atoms with Crippen LogP contribution < -0.4 is 4.74 Å². The molecule has 0 aliphatic heterocycles. The van der Waals surface area contributed by atoms with E-state index in [0.717, 1.165) is 16.8 Å². The average Bonchev–Trinajstić information content (AvgIpc) is 3.16. The number of para-hydroxylation sites is 1. The molecule has 0 atom stereocenters. The van der Waals surface area contributed by atoms with Crippen molar-refractivity contribution in [3.63, 3.8) is 0 Å². The van der Waals surface area contributed by atoms with E-state index in [1.807, 2.05) is 0 Å². The Kier molecular flexibility index (Phi) is 6.32. The van der Waals surface area contributed by atoms with Gasteiger partial charge >= 0.3 is 6.18 Å². The maximum atomic E-state index is 13.5. The van der Waals surface area contributed by atoms with Crippen molar-refractivity contribution in [2.75, 3.05) is 0 Å². The first kappa shape index (κ1) is 23.1. The van der Waals surface area contributed by atoms with E-state index < -0.39 is 23.5 Å². The highest BCUT2D eigenvalue weighted by Gasteiger charge is 2.35. The number of hydrogen-bond acceptors (Lipinski definition) is 2. The van der Waals surface area contributed by atoms with Gasteiger partial charge in [0.05, 0.1) is 15.7 Å². The fraction of sp³-hybridized carbons (Fsp3) is 0.0870.